The number of hydrogen-bond donors (Lipinski definition) is 1. The zero-order valence-corrected chi connectivity index (χ0v) is 8.36. The van der Waals surface area contributed by atoms with Crippen molar-refractivity contribution in [1.82, 2.24) is 15.3 Å². The molecule has 0 fully saturated rings. The van der Waals surface area contributed by atoms with Crippen molar-refractivity contribution in [3.8, 4) is 0 Å². The van der Waals surface area contributed by atoms with Crippen molar-refractivity contribution in [1.29, 1.82) is 0 Å². The maximum Gasteiger partial charge on any atom is 0.220 e. The van der Waals surface area contributed by atoms with Gasteiger partial charge in [-0.05, 0) is 6.42 Å². The van der Waals surface area contributed by atoms with Crippen LogP contribution in [0.2, 0.25) is 0 Å². The van der Waals surface area contributed by atoms with Crippen molar-refractivity contribution in [2.24, 2.45) is 0 Å². The van der Waals surface area contributed by atoms with E-state index in [0.717, 1.165) is 18.5 Å². The summed E-state index contributed by atoms with van der Waals surface area (Å²) < 4.78 is 0. The molecule has 0 aromatic carbocycles. The van der Waals surface area contributed by atoms with E-state index < -0.39 is 0 Å². The molecule has 0 aliphatic heterocycles. The molecule has 0 aliphatic rings. The zero-order chi connectivity index (χ0) is 10.2. The van der Waals surface area contributed by atoms with Gasteiger partial charge in [0, 0.05) is 18.8 Å². The minimum atomic E-state index is 0.0810. The molecule has 4 heteroatoms. The molecule has 0 unspecified atom stereocenters. The van der Waals surface area contributed by atoms with Gasteiger partial charge in [-0.25, -0.2) is 0 Å². The van der Waals surface area contributed by atoms with E-state index in [0.29, 0.717) is 13.0 Å². The lowest BCUT2D eigenvalue weighted by molar-refractivity contribution is -0.121. The Morgan fingerprint density at radius 3 is 3.00 bits per heavy atom. The first-order valence-corrected chi connectivity index (χ1v) is 4.84. The second-order valence-electron chi connectivity index (χ2n) is 3.08. The monoisotopic (exact) mass is 193 g/mol. The molecule has 4 nitrogen and oxygen atoms in total. The molecule has 0 bridgehead atoms. The predicted octanol–water partition coefficient (Wildman–Crippen LogP) is 1.28. The molecule has 0 atom stereocenters. The molecule has 1 heterocycles. The van der Waals surface area contributed by atoms with Gasteiger partial charge in [-0.1, -0.05) is 13.3 Å². The SMILES string of the molecule is CCCCC(=O)NCc1cnccn1. The average molecular weight is 193 g/mol. The van der Waals surface area contributed by atoms with Crippen molar-refractivity contribution >= 4 is 5.91 Å². The molecule has 0 radical (unpaired) electrons. The standard InChI is InChI=1S/C10H15N3O/c1-2-3-4-10(14)13-8-9-7-11-5-6-12-9/h5-7H,2-4,8H2,1H3,(H,13,14). The number of nitrogens with one attached hydrogen (secondary N) is 1. The van der Waals surface area contributed by atoms with Crippen LogP contribution in [0.1, 0.15) is 31.9 Å². The zero-order valence-electron chi connectivity index (χ0n) is 8.36. The maximum absolute atomic E-state index is 11.2. The topological polar surface area (TPSA) is 54.9 Å². The molecule has 1 aromatic rings. The third-order valence-electron chi connectivity index (χ3n) is 1.84. The summed E-state index contributed by atoms with van der Waals surface area (Å²) in [5, 5.41) is 2.79. The van der Waals surface area contributed by atoms with Crippen LogP contribution in [0, 0.1) is 0 Å². The number of amides is 1. The molecule has 1 N–H and O–H groups in total. The summed E-state index contributed by atoms with van der Waals surface area (Å²) in [4.78, 5) is 19.2. The summed E-state index contributed by atoms with van der Waals surface area (Å²) in [6, 6.07) is 0. The smallest absolute Gasteiger partial charge is 0.220 e. The van der Waals surface area contributed by atoms with Crippen molar-refractivity contribution in [3.05, 3.63) is 24.3 Å². The molecule has 0 saturated heterocycles. The Labute approximate surface area is 83.8 Å². The van der Waals surface area contributed by atoms with Crippen LogP contribution >= 0.6 is 0 Å². The normalized spacial score (nSPS) is 9.79. The minimum Gasteiger partial charge on any atom is -0.350 e. The molecule has 1 aromatic heterocycles. The Balaban J connectivity index is 2.24. The number of aromatic nitrogens is 2. The van der Waals surface area contributed by atoms with Crippen LogP contribution in [0.4, 0.5) is 0 Å². The van der Waals surface area contributed by atoms with Gasteiger partial charge in [-0.15, -0.1) is 0 Å². The van der Waals surface area contributed by atoms with E-state index in [4.69, 9.17) is 0 Å². The van der Waals surface area contributed by atoms with E-state index in [2.05, 4.69) is 22.2 Å². The third-order valence-corrected chi connectivity index (χ3v) is 1.84. The first kappa shape index (κ1) is 10.6. The highest BCUT2D eigenvalue weighted by atomic mass is 16.1. The highest BCUT2D eigenvalue weighted by Crippen LogP contribution is 1.94. The fourth-order valence-electron chi connectivity index (χ4n) is 1.04. The molecular formula is C10H15N3O. The molecule has 1 rings (SSSR count). The van der Waals surface area contributed by atoms with E-state index in [1.54, 1.807) is 18.6 Å². The van der Waals surface area contributed by atoms with Crippen LogP contribution in [-0.2, 0) is 11.3 Å². The number of carbonyl (C=O) groups is 1. The van der Waals surface area contributed by atoms with Gasteiger partial charge in [-0.3, -0.25) is 14.8 Å². The molecule has 76 valence electrons. The number of unbranched alkanes of at least 4 members (excludes halogenated alkanes) is 1. The number of nitrogens with zero attached hydrogens (tertiary/aromatic N) is 2. The molecule has 14 heavy (non-hydrogen) atoms. The van der Waals surface area contributed by atoms with E-state index >= 15 is 0 Å². The Morgan fingerprint density at radius 2 is 2.36 bits per heavy atom. The Hall–Kier alpha value is -1.45. The van der Waals surface area contributed by atoms with Gasteiger partial charge in [-0.2, -0.15) is 0 Å². The first-order chi connectivity index (χ1) is 6.83. The first-order valence-electron chi connectivity index (χ1n) is 4.84. The van der Waals surface area contributed by atoms with Gasteiger partial charge in [0.05, 0.1) is 18.4 Å². The van der Waals surface area contributed by atoms with E-state index in [1.807, 2.05) is 0 Å². The van der Waals surface area contributed by atoms with Gasteiger partial charge in [0.2, 0.25) is 5.91 Å². The van der Waals surface area contributed by atoms with Gasteiger partial charge in [0.25, 0.3) is 0 Å². The predicted molar refractivity (Wildman–Crippen MR) is 53.4 cm³/mol. The summed E-state index contributed by atoms with van der Waals surface area (Å²) in [6.45, 7) is 2.53. The van der Waals surface area contributed by atoms with Gasteiger partial charge >= 0.3 is 0 Å². The van der Waals surface area contributed by atoms with Crippen LogP contribution in [0.5, 0.6) is 0 Å². The molecular weight excluding hydrogens is 178 g/mol. The van der Waals surface area contributed by atoms with Gasteiger partial charge in [0.1, 0.15) is 0 Å². The summed E-state index contributed by atoms with van der Waals surface area (Å²) in [5.41, 5.74) is 0.789. The Bertz CT molecular complexity index is 274. The van der Waals surface area contributed by atoms with Crippen molar-refractivity contribution in [2.75, 3.05) is 0 Å². The maximum atomic E-state index is 11.2. The Kier molecular flexibility index (Phi) is 4.61. The number of rotatable bonds is 5. The second-order valence-corrected chi connectivity index (χ2v) is 3.08. The van der Waals surface area contributed by atoms with Crippen LogP contribution < -0.4 is 5.32 Å². The van der Waals surface area contributed by atoms with Crippen LogP contribution in [0.3, 0.4) is 0 Å². The van der Waals surface area contributed by atoms with Gasteiger partial charge in [0.15, 0.2) is 0 Å². The molecule has 0 aliphatic carbocycles. The van der Waals surface area contributed by atoms with Crippen LogP contribution in [0.15, 0.2) is 18.6 Å². The fraction of sp³-hybridized carbons (Fsp3) is 0.500. The minimum absolute atomic E-state index is 0.0810. The number of carbonyl (C=O) groups excluding carboxylic acids is 1. The van der Waals surface area contributed by atoms with E-state index in [1.165, 1.54) is 0 Å². The summed E-state index contributed by atoms with van der Waals surface area (Å²) in [6.07, 6.45) is 7.46. The Morgan fingerprint density at radius 1 is 1.50 bits per heavy atom. The molecule has 0 spiro atoms. The average Bonchev–Trinajstić information content (AvgIpc) is 2.25. The lowest BCUT2D eigenvalue weighted by atomic mass is 10.2. The largest absolute Gasteiger partial charge is 0.350 e. The lowest BCUT2D eigenvalue weighted by Gasteiger charge is -2.02. The summed E-state index contributed by atoms with van der Waals surface area (Å²) in [5.74, 6) is 0.0810. The quantitative estimate of drug-likeness (QED) is 0.766. The van der Waals surface area contributed by atoms with Crippen LogP contribution in [0.25, 0.3) is 0 Å². The highest BCUT2D eigenvalue weighted by Gasteiger charge is 2.00. The van der Waals surface area contributed by atoms with Crippen molar-refractivity contribution < 1.29 is 4.79 Å². The van der Waals surface area contributed by atoms with Crippen LogP contribution in [-0.4, -0.2) is 15.9 Å². The molecule has 1 amide bonds. The third kappa shape index (κ3) is 3.98. The fourth-order valence-corrected chi connectivity index (χ4v) is 1.04. The van der Waals surface area contributed by atoms with Crippen molar-refractivity contribution in [3.63, 3.8) is 0 Å². The highest BCUT2D eigenvalue weighted by molar-refractivity contribution is 5.75. The van der Waals surface area contributed by atoms with Gasteiger partial charge < -0.3 is 5.32 Å². The lowest BCUT2D eigenvalue weighted by Crippen LogP contribution is -2.22. The second kappa shape index (κ2) is 6.07. The van der Waals surface area contributed by atoms with E-state index in [9.17, 15) is 4.79 Å². The van der Waals surface area contributed by atoms with E-state index in [-0.39, 0.29) is 5.91 Å². The summed E-state index contributed by atoms with van der Waals surface area (Å²) in [7, 11) is 0. The molecule has 0 saturated carbocycles. The summed E-state index contributed by atoms with van der Waals surface area (Å²) >= 11 is 0. The number of hydrogen-bond acceptors (Lipinski definition) is 3. The van der Waals surface area contributed by atoms with Crippen molar-refractivity contribution in [2.45, 2.75) is 32.7 Å².